The van der Waals surface area contributed by atoms with Crippen molar-refractivity contribution in [1.29, 1.82) is 0 Å². The third kappa shape index (κ3) is 9.60. The van der Waals surface area contributed by atoms with Crippen LogP contribution in [0.2, 0.25) is 5.02 Å². The first-order valence-electron chi connectivity index (χ1n) is 20.3. The van der Waals surface area contributed by atoms with Gasteiger partial charge in [0.05, 0.1) is 25.0 Å². The van der Waals surface area contributed by atoms with Crippen LogP contribution in [-0.4, -0.2) is 16.8 Å². The van der Waals surface area contributed by atoms with E-state index in [0.29, 0.717) is 28.7 Å². The van der Waals surface area contributed by atoms with E-state index in [2.05, 4.69) is 12.1 Å². The van der Waals surface area contributed by atoms with Gasteiger partial charge < -0.3 is 9.47 Å². The van der Waals surface area contributed by atoms with Crippen LogP contribution >= 0.6 is 23.2 Å². The molecule has 8 rings (SSSR count). The van der Waals surface area contributed by atoms with Gasteiger partial charge in [-0.2, -0.15) is 0 Å². The van der Waals surface area contributed by atoms with E-state index in [1.807, 2.05) is 111 Å². The summed E-state index contributed by atoms with van der Waals surface area (Å²) in [5.74, 6) is 1.78. The van der Waals surface area contributed by atoms with E-state index < -0.39 is 19.7 Å². The number of alkyl halides is 1. The number of sulfone groups is 2. The van der Waals surface area contributed by atoms with Crippen LogP contribution in [0.4, 0.5) is 0 Å². The lowest BCUT2D eigenvalue weighted by Gasteiger charge is -2.22. The van der Waals surface area contributed by atoms with E-state index in [1.54, 1.807) is 72.8 Å². The smallest absolute Gasteiger partial charge is 0.206 e. The van der Waals surface area contributed by atoms with Crippen molar-refractivity contribution < 1.29 is 26.3 Å². The van der Waals surface area contributed by atoms with Gasteiger partial charge in [-0.15, -0.1) is 11.6 Å². The Labute approximate surface area is 379 Å². The number of hydrogen-bond donors (Lipinski definition) is 0. The Hall–Kier alpha value is -6.16. The van der Waals surface area contributed by atoms with Crippen LogP contribution in [0.15, 0.2) is 214 Å². The topological polar surface area (TPSA) is 86.7 Å². The largest absolute Gasteiger partial charge is 0.485 e. The molecule has 2 atom stereocenters. The first-order valence-corrected chi connectivity index (χ1v) is 24.1. The van der Waals surface area contributed by atoms with Crippen LogP contribution < -0.4 is 9.47 Å². The van der Waals surface area contributed by atoms with Crippen molar-refractivity contribution in [2.75, 3.05) is 0 Å². The minimum absolute atomic E-state index is 0.158. The summed E-state index contributed by atoms with van der Waals surface area (Å²) in [5.41, 5.74) is 7.28. The minimum atomic E-state index is -3.76. The molecule has 8 aromatic carbocycles. The van der Waals surface area contributed by atoms with Crippen LogP contribution in [0.5, 0.6) is 17.2 Å². The van der Waals surface area contributed by atoms with Crippen LogP contribution in [0, 0.1) is 0 Å². The fourth-order valence-electron chi connectivity index (χ4n) is 7.31. The monoisotopic (exact) mass is 908 g/mol. The molecule has 0 radical (unpaired) electrons. The second kappa shape index (κ2) is 18.7. The fourth-order valence-corrected chi connectivity index (χ4v) is 10.1. The summed E-state index contributed by atoms with van der Waals surface area (Å²) in [7, 11) is -7.48. The third-order valence-corrected chi connectivity index (χ3v) is 14.9. The highest BCUT2D eigenvalue weighted by molar-refractivity contribution is 7.91. The molecule has 0 N–H and O–H groups in total. The van der Waals surface area contributed by atoms with Gasteiger partial charge in [-0.05, 0) is 144 Å². The predicted molar refractivity (Wildman–Crippen MR) is 252 cm³/mol. The van der Waals surface area contributed by atoms with Gasteiger partial charge in [0.15, 0.2) is 0 Å². The zero-order valence-electron chi connectivity index (χ0n) is 34.4. The Morgan fingerprint density at radius 3 is 1.35 bits per heavy atom. The van der Waals surface area contributed by atoms with Crippen molar-refractivity contribution in [1.82, 2.24) is 0 Å². The Kier molecular flexibility index (Phi) is 12.9. The van der Waals surface area contributed by atoms with Crippen molar-refractivity contribution in [2.24, 2.45) is 0 Å². The van der Waals surface area contributed by atoms with Gasteiger partial charge in [0, 0.05) is 16.1 Å². The summed E-state index contributed by atoms with van der Waals surface area (Å²) in [6.45, 7) is 3.87. The lowest BCUT2D eigenvalue weighted by Crippen LogP contribution is -2.08. The maximum atomic E-state index is 13.5. The number of benzene rings is 8. The standard InChI is InChI=1S/C53H42Cl2O6S2/c1-3-51(40-16-26-46(27-17-40)62(56,57)47-28-20-43(55)21-29-47)61-53-33-19-42(35-50(53)39-12-8-5-9-13-39)41-18-32-52(49(34-41)38-10-6-4-7-11-38)60-44-22-30-48(31-23-44)63(58,59)45-24-14-37(15-25-45)36(2)54/h4-36,51H,3H2,1-2H3. The second-order valence-electron chi connectivity index (χ2n) is 15.0. The summed E-state index contributed by atoms with van der Waals surface area (Å²) in [6, 6.07) is 58.2. The zero-order chi connectivity index (χ0) is 44.1. The van der Waals surface area contributed by atoms with E-state index in [1.165, 1.54) is 12.1 Å². The highest BCUT2D eigenvalue weighted by Gasteiger charge is 2.22. The normalized spacial score (nSPS) is 12.6. The molecule has 0 bridgehead atoms. The van der Waals surface area contributed by atoms with Crippen molar-refractivity contribution >= 4 is 42.9 Å². The van der Waals surface area contributed by atoms with Crippen molar-refractivity contribution in [2.45, 2.75) is 51.3 Å². The summed E-state index contributed by atoms with van der Waals surface area (Å²) in [4.78, 5) is 0.712. The Balaban J connectivity index is 1.08. The average Bonchev–Trinajstić information content (AvgIpc) is 3.32. The predicted octanol–water partition coefficient (Wildman–Crippen LogP) is 14.6. The molecule has 6 nitrogen and oxygen atoms in total. The third-order valence-electron chi connectivity index (χ3n) is 10.8. The Bertz CT molecular complexity index is 3070. The molecular weight excluding hydrogens is 868 g/mol. The summed E-state index contributed by atoms with van der Waals surface area (Å²) in [6.07, 6.45) is 0.287. The van der Waals surface area contributed by atoms with E-state index in [9.17, 15) is 16.8 Å². The van der Waals surface area contributed by atoms with Crippen LogP contribution in [0.1, 0.15) is 42.9 Å². The molecule has 0 aliphatic carbocycles. The molecule has 0 amide bonds. The SMILES string of the molecule is CCC(Oc1ccc(-c2ccc(Oc3ccc(S(=O)(=O)c4ccc(C(C)Cl)cc4)cc3)c(-c3ccccc3)c2)cc1-c1ccccc1)c1ccc(S(=O)(=O)c2ccc(Cl)cc2)cc1. The first-order chi connectivity index (χ1) is 30.4. The van der Waals surface area contributed by atoms with Crippen molar-refractivity contribution in [3.05, 3.63) is 210 Å². The zero-order valence-corrected chi connectivity index (χ0v) is 37.5. The van der Waals surface area contributed by atoms with E-state index in [4.69, 9.17) is 32.7 Å². The molecule has 8 aromatic rings. The van der Waals surface area contributed by atoms with Gasteiger partial charge in [-0.25, -0.2) is 16.8 Å². The van der Waals surface area contributed by atoms with Gasteiger partial charge >= 0.3 is 0 Å². The fraction of sp³-hybridized carbons (Fsp3) is 0.0943. The Morgan fingerprint density at radius 2 is 0.889 bits per heavy atom. The molecule has 0 aliphatic heterocycles. The number of halogens is 2. The number of rotatable bonds is 14. The van der Waals surface area contributed by atoms with E-state index in [0.717, 1.165) is 44.5 Å². The van der Waals surface area contributed by atoms with Gasteiger partial charge in [-0.3, -0.25) is 0 Å². The maximum Gasteiger partial charge on any atom is 0.206 e. The molecule has 316 valence electrons. The second-order valence-corrected chi connectivity index (χ2v) is 19.9. The van der Waals surface area contributed by atoms with Gasteiger partial charge in [0.2, 0.25) is 19.7 Å². The van der Waals surface area contributed by atoms with E-state index in [-0.39, 0.29) is 31.1 Å². The van der Waals surface area contributed by atoms with Gasteiger partial charge in [-0.1, -0.05) is 116 Å². The lowest BCUT2D eigenvalue weighted by molar-refractivity contribution is 0.202. The van der Waals surface area contributed by atoms with Crippen LogP contribution in [-0.2, 0) is 19.7 Å². The Morgan fingerprint density at radius 1 is 0.476 bits per heavy atom. The molecular formula is C53H42Cl2O6S2. The van der Waals surface area contributed by atoms with Gasteiger partial charge in [0.1, 0.15) is 23.4 Å². The summed E-state index contributed by atoms with van der Waals surface area (Å²) < 4.78 is 66.8. The number of ether oxygens (including phenoxy) is 2. The summed E-state index contributed by atoms with van der Waals surface area (Å²) in [5, 5.41) is 0.240. The van der Waals surface area contributed by atoms with Crippen LogP contribution in [0.3, 0.4) is 0 Å². The molecule has 0 fully saturated rings. The highest BCUT2D eigenvalue weighted by Crippen LogP contribution is 2.41. The molecule has 63 heavy (non-hydrogen) atoms. The lowest BCUT2D eigenvalue weighted by atomic mass is 9.95. The quantitative estimate of drug-likeness (QED) is 0.101. The highest BCUT2D eigenvalue weighted by atomic mass is 35.5. The number of hydrogen-bond acceptors (Lipinski definition) is 6. The summed E-state index contributed by atoms with van der Waals surface area (Å²) >= 11 is 12.2. The molecule has 0 aliphatic rings. The molecule has 2 unspecified atom stereocenters. The van der Waals surface area contributed by atoms with Crippen molar-refractivity contribution in [3.8, 4) is 50.6 Å². The minimum Gasteiger partial charge on any atom is -0.485 e. The molecule has 0 saturated heterocycles. The van der Waals surface area contributed by atoms with Crippen LogP contribution in [0.25, 0.3) is 33.4 Å². The molecule has 0 saturated carbocycles. The molecule has 10 heteroatoms. The van der Waals surface area contributed by atoms with Crippen molar-refractivity contribution in [3.63, 3.8) is 0 Å². The molecule has 0 aromatic heterocycles. The maximum absolute atomic E-state index is 13.5. The molecule has 0 spiro atoms. The average molecular weight is 910 g/mol. The first kappa shape index (κ1) is 43.5. The van der Waals surface area contributed by atoms with E-state index >= 15 is 0 Å². The van der Waals surface area contributed by atoms with Gasteiger partial charge in [0.25, 0.3) is 0 Å². The molecule has 0 heterocycles.